The molecule has 1 aromatic heterocycles. The molecule has 1 heterocycles. The number of carbonyl (C=O) groups excluding carboxylic acids is 2. The van der Waals surface area contributed by atoms with Crippen molar-refractivity contribution in [1.82, 2.24) is 9.47 Å². The molecule has 0 radical (unpaired) electrons. The maximum Gasteiger partial charge on any atom is 0.274 e. The lowest BCUT2D eigenvalue weighted by Gasteiger charge is -2.31. The average Bonchev–Trinajstić information content (AvgIpc) is 2.63. The molecule has 2 amide bonds. The van der Waals surface area contributed by atoms with Crippen molar-refractivity contribution in [3.05, 3.63) is 58.0 Å². The van der Waals surface area contributed by atoms with Crippen molar-refractivity contribution < 1.29 is 14.3 Å². The lowest BCUT2D eigenvalue weighted by molar-refractivity contribution is -0.118. The SMILES string of the molecule is Cc1cccc(OCC(=O)Nc2cc(C(=O)N(C(C)C)C(C)C)cn(C)c2=O)c1. The molecule has 156 valence electrons. The van der Waals surface area contributed by atoms with Gasteiger partial charge in [0.05, 0.1) is 5.56 Å². The Labute approximate surface area is 171 Å². The first-order chi connectivity index (χ1) is 13.6. The van der Waals surface area contributed by atoms with E-state index in [1.165, 1.54) is 16.8 Å². The molecule has 0 saturated carbocycles. The van der Waals surface area contributed by atoms with Crippen molar-refractivity contribution in [1.29, 1.82) is 0 Å². The molecule has 0 saturated heterocycles. The van der Waals surface area contributed by atoms with Gasteiger partial charge in [-0.3, -0.25) is 14.4 Å². The molecule has 2 aromatic rings. The van der Waals surface area contributed by atoms with E-state index in [0.717, 1.165) is 5.56 Å². The van der Waals surface area contributed by atoms with E-state index < -0.39 is 11.5 Å². The van der Waals surface area contributed by atoms with Crippen LogP contribution in [0.2, 0.25) is 0 Å². The molecule has 0 spiro atoms. The highest BCUT2D eigenvalue weighted by Crippen LogP contribution is 2.15. The average molecular weight is 399 g/mol. The summed E-state index contributed by atoms with van der Waals surface area (Å²) in [5, 5.41) is 2.56. The number of rotatable bonds is 7. The largest absolute Gasteiger partial charge is 0.484 e. The van der Waals surface area contributed by atoms with E-state index in [1.54, 1.807) is 18.0 Å². The quantitative estimate of drug-likeness (QED) is 0.776. The molecule has 0 aliphatic carbocycles. The second-order valence-electron chi connectivity index (χ2n) is 7.61. The van der Waals surface area contributed by atoms with Crippen molar-refractivity contribution in [2.75, 3.05) is 11.9 Å². The summed E-state index contributed by atoms with van der Waals surface area (Å²) in [5.41, 5.74) is 1.00. The number of hydrogen-bond acceptors (Lipinski definition) is 4. The second kappa shape index (κ2) is 9.41. The zero-order chi connectivity index (χ0) is 21.7. The molecular formula is C22H29N3O4. The number of benzene rings is 1. The second-order valence-corrected chi connectivity index (χ2v) is 7.61. The van der Waals surface area contributed by atoms with Crippen LogP contribution in [0.15, 0.2) is 41.3 Å². The number of carbonyl (C=O) groups is 2. The van der Waals surface area contributed by atoms with Gasteiger partial charge in [-0.2, -0.15) is 0 Å². The maximum absolute atomic E-state index is 12.9. The van der Waals surface area contributed by atoms with Gasteiger partial charge >= 0.3 is 0 Å². The fourth-order valence-electron chi connectivity index (χ4n) is 3.17. The number of ether oxygens (including phenoxy) is 1. The monoisotopic (exact) mass is 399 g/mol. The zero-order valence-corrected chi connectivity index (χ0v) is 17.9. The van der Waals surface area contributed by atoms with Gasteiger partial charge < -0.3 is 19.5 Å². The van der Waals surface area contributed by atoms with Gasteiger partial charge in [-0.25, -0.2) is 0 Å². The predicted octanol–water partition coefficient (Wildman–Crippen LogP) is 2.97. The van der Waals surface area contributed by atoms with Gasteiger partial charge in [0.15, 0.2) is 6.61 Å². The lowest BCUT2D eigenvalue weighted by atomic mass is 10.1. The third kappa shape index (κ3) is 5.70. The Morgan fingerprint density at radius 2 is 1.79 bits per heavy atom. The molecule has 7 nitrogen and oxygen atoms in total. The number of nitrogens with zero attached hydrogens (tertiary/aromatic N) is 2. The van der Waals surface area contributed by atoms with E-state index >= 15 is 0 Å². The highest BCUT2D eigenvalue weighted by Gasteiger charge is 2.23. The number of aromatic nitrogens is 1. The van der Waals surface area contributed by atoms with Crippen LogP contribution in [0.25, 0.3) is 0 Å². The fourth-order valence-corrected chi connectivity index (χ4v) is 3.17. The number of pyridine rings is 1. The first-order valence-electron chi connectivity index (χ1n) is 9.62. The molecule has 0 aliphatic heterocycles. The summed E-state index contributed by atoms with van der Waals surface area (Å²) in [4.78, 5) is 39.4. The van der Waals surface area contributed by atoms with E-state index in [9.17, 15) is 14.4 Å². The van der Waals surface area contributed by atoms with Crippen LogP contribution in [-0.4, -0.2) is 40.0 Å². The van der Waals surface area contributed by atoms with Crippen LogP contribution in [0.5, 0.6) is 5.75 Å². The van der Waals surface area contributed by atoms with E-state index in [1.807, 2.05) is 52.8 Å². The third-order valence-corrected chi connectivity index (χ3v) is 4.41. The van der Waals surface area contributed by atoms with Crippen LogP contribution in [0.4, 0.5) is 5.69 Å². The van der Waals surface area contributed by atoms with Gasteiger partial charge in [-0.15, -0.1) is 0 Å². The van der Waals surface area contributed by atoms with Crippen LogP contribution in [0, 0.1) is 6.92 Å². The first kappa shape index (κ1) is 22.2. The van der Waals surface area contributed by atoms with E-state index in [-0.39, 0.29) is 30.3 Å². The van der Waals surface area contributed by atoms with E-state index in [4.69, 9.17) is 4.74 Å². The Bertz CT molecular complexity index is 939. The number of aryl methyl sites for hydroxylation is 2. The van der Waals surface area contributed by atoms with Gasteiger partial charge in [0.2, 0.25) is 0 Å². The van der Waals surface area contributed by atoms with Gasteiger partial charge in [0.25, 0.3) is 17.4 Å². The van der Waals surface area contributed by atoms with Crippen molar-refractivity contribution >= 4 is 17.5 Å². The van der Waals surface area contributed by atoms with Gasteiger partial charge in [-0.1, -0.05) is 12.1 Å². The third-order valence-electron chi connectivity index (χ3n) is 4.41. The van der Waals surface area contributed by atoms with E-state index in [2.05, 4.69) is 5.32 Å². The van der Waals surface area contributed by atoms with Crippen molar-refractivity contribution in [3.63, 3.8) is 0 Å². The smallest absolute Gasteiger partial charge is 0.274 e. The molecule has 0 aliphatic rings. The molecule has 0 atom stereocenters. The zero-order valence-electron chi connectivity index (χ0n) is 17.9. The topological polar surface area (TPSA) is 80.6 Å². The summed E-state index contributed by atoms with van der Waals surface area (Å²) in [6, 6.07) is 8.76. The van der Waals surface area contributed by atoms with Gasteiger partial charge in [-0.05, 0) is 58.4 Å². The molecule has 7 heteroatoms. The van der Waals surface area contributed by atoms with Crippen molar-refractivity contribution in [2.45, 2.75) is 46.7 Å². The Kier molecular flexibility index (Phi) is 7.20. The summed E-state index contributed by atoms with van der Waals surface area (Å²) in [7, 11) is 1.55. The first-order valence-corrected chi connectivity index (χ1v) is 9.62. The molecule has 0 fully saturated rings. The standard InChI is InChI=1S/C22H29N3O4/c1-14(2)25(15(3)4)21(27)17-11-19(22(28)24(6)12-17)23-20(26)13-29-18-9-7-8-16(5)10-18/h7-12,14-15H,13H2,1-6H3,(H,23,26). The summed E-state index contributed by atoms with van der Waals surface area (Å²) in [5.74, 6) is -0.101. The van der Waals surface area contributed by atoms with E-state index in [0.29, 0.717) is 11.3 Å². The van der Waals surface area contributed by atoms with Crippen LogP contribution in [0.3, 0.4) is 0 Å². The number of anilines is 1. The Hall–Kier alpha value is -3.09. The van der Waals surface area contributed by atoms with Crippen LogP contribution in [-0.2, 0) is 11.8 Å². The molecular weight excluding hydrogens is 370 g/mol. The number of amides is 2. The molecule has 2 rings (SSSR count). The summed E-state index contributed by atoms with van der Waals surface area (Å²) >= 11 is 0. The normalized spacial score (nSPS) is 10.9. The molecule has 0 unspecified atom stereocenters. The molecule has 1 aromatic carbocycles. The van der Waals surface area contributed by atoms with Crippen LogP contribution in [0.1, 0.15) is 43.6 Å². The highest BCUT2D eigenvalue weighted by atomic mass is 16.5. The predicted molar refractivity (Wildman–Crippen MR) is 113 cm³/mol. The summed E-state index contributed by atoms with van der Waals surface area (Å²) < 4.78 is 6.77. The minimum atomic E-state index is -0.474. The maximum atomic E-state index is 12.9. The molecule has 29 heavy (non-hydrogen) atoms. The Morgan fingerprint density at radius 1 is 1.14 bits per heavy atom. The van der Waals surface area contributed by atoms with Crippen LogP contribution < -0.4 is 15.6 Å². The van der Waals surface area contributed by atoms with Gasteiger partial charge in [0.1, 0.15) is 11.4 Å². The van der Waals surface area contributed by atoms with Crippen molar-refractivity contribution in [2.24, 2.45) is 7.05 Å². The molecule has 0 bridgehead atoms. The summed E-state index contributed by atoms with van der Waals surface area (Å²) in [6.07, 6.45) is 1.49. The number of nitrogens with one attached hydrogen (secondary N) is 1. The Morgan fingerprint density at radius 3 is 2.38 bits per heavy atom. The molecule has 1 N–H and O–H groups in total. The van der Waals surface area contributed by atoms with Crippen LogP contribution >= 0.6 is 0 Å². The fraction of sp³-hybridized carbons (Fsp3) is 0.409. The minimum absolute atomic E-state index is 0.000467. The van der Waals surface area contributed by atoms with Gasteiger partial charge in [0, 0.05) is 25.3 Å². The minimum Gasteiger partial charge on any atom is -0.484 e. The Balaban J connectivity index is 2.19. The van der Waals surface area contributed by atoms with Crippen molar-refractivity contribution in [3.8, 4) is 5.75 Å². The lowest BCUT2D eigenvalue weighted by Crippen LogP contribution is -2.42. The number of hydrogen-bond donors (Lipinski definition) is 1. The summed E-state index contributed by atoms with van der Waals surface area (Å²) in [6.45, 7) is 9.43. The highest BCUT2D eigenvalue weighted by molar-refractivity contribution is 5.97.